The number of unbranched alkanes of at least 4 members (excludes halogenated alkanes) is 1. The maximum absolute atomic E-state index is 11.9. The molecule has 0 spiro atoms. The van der Waals surface area contributed by atoms with E-state index in [0.29, 0.717) is 18.4 Å². The fraction of sp³-hybridized carbons (Fsp3) is 0.933. The summed E-state index contributed by atoms with van der Waals surface area (Å²) >= 11 is 0. The zero-order valence-corrected chi connectivity index (χ0v) is 12.8. The fourth-order valence-corrected chi connectivity index (χ4v) is 2.42. The summed E-state index contributed by atoms with van der Waals surface area (Å²) in [6, 6.07) is 0.328. The van der Waals surface area contributed by atoms with Gasteiger partial charge in [0.15, 0.2) is 0 Å². The van der Waals surface area contributed by atoms with E-state index >= 15 is 0 Å². The molecule has 1 unspecified atom stereocenters. The first-order chi connectivity index (χ1) is 9.02. The van der Waals surface area contributed by atoms with Crippen LogP contribution < -0.4 is 11.1 Å². The van der Waals surface area contributed by atoms with Crippen molar-refractivity contribution in [3.8, 4) is 0 Å². The van der Waals surface area contributed by atoms with E-state index in [4.69, 9.17) is 5.73 Å². The van der Waals surface area contributed by atoms with Gasteiger partial charge in [0.1, 0.15) is 0 Å². The van der Waals surface area contributed by atoms with Gasteiger partial charge in [0.2, 0.25) is 5.91 Å². The molecule has 112 valence electrons. The van der Waals surface area contributed by atoms with Gasteiger partial charge in [-0.25, -0.2) is 0 Å². The lowest BCUT2D eigenvalue weighted by atomic mass is 10.0. The Balaban J connectivity index is 2.19. The van der Waals surface area contributed by atoms with E-state index in [9.17, 15) is 4.79 Å². The quantitative estimate of drug-likeness (QED) is 0.740. The third kappa shape index (κ3) is 6.39. The molecule has 1 fully saturated rings. The largest absolute Gasteiger partial charge is 0.353 e. The average Bonchev–Trinajstić information content (AvgIpc) is 2.37. The molecular weight excluding hydrogens is 238 g/mol. The number of likely N-dealkylation sites (tertiary alicyclic amines) is 1. The molecule has 1 aliphatic heterocycles. The number of hydrogen-bond acceptors (Lipinski definition) is 3. The Morgan fingerprint density at radius 1 is 1.37 bits per heavy atom. The first kappa shape index (κ1) is 16.4. The SMILES string of the molecule is CCCCN1CCC(NC(=O)CC(N)C(C)C)CC1. The maximum Gasteiger partial charge on any atom is 0.221 e. The van der Waals surface area contributed by atoms with Crippen LogP contribution in [0.3, 0.4) is 0 Å². The van der Waals surface area contributed by atoms with E-state index in [2.05, 4.69) is 31.0 Å². The van der Waals surface area contributed by atoms with Crippen LogP contribution in [0.4, 0.5) is 0 Å². The number of nitrogens with zero attached hydrogens (tertiary/aromatic N) is 1. The Morgan fingerprint density at radius 3 is 2.53 bits per heavy atom. The van der Waals surface area contributed by atoms with Crippen molar-refractivity contribution in [3.63, 3.8) is 0 Å². The third-order valence-corrected chi connectivity index (χ3v) is 4.06. The van der Waals surface area contributed by atoms with Crippen molar-refractivity contribution in [2.45, 2.75) is 65.0 Å². The Hall–Kier alpha value is -0.610. The predicted octanol–water partition coefficient (Wildman–Crippen LogP) is 1.74. The summed E-state index contributed by atoms with van der Waals surface area (Å²) in [7, 11) is 0. The second-order valence-electron chi connectivity index (χ2n) is 6.15. The highest BCUT2D eigenvalue weighted by atomic mass is 16.1. The van der Waals surface area contributed by atoms with Gasteiger partial charge in [-0.05, 0) is 31.7 Å². The zero-order chi connectivity index (χ0) is 14.3. The fourth-order valence-electron chi connectivity index (χ4n) is 2.42. The van der Waals surface area contributed by atoms with Crippen LogP contribution in [0.5, 0.6) is 0 Å². The number of piperidine rings is 1. The van der Waals surface area contributed by atoms with Gasteiger partial charge in [0.25, 0.3) is 0 Å². The number of hydrogen-bond donors (Lipinski definition) is 2. The second-order valence-corrected chi connectivity index (χ2v) is 6.15. The first-order valence-electron chi connectivity index (χ1n) is 7.80. The van der Waals surface area contributed by atoms with Crippen LogP contribution in [0.1, 0.15) is 52.9 Å². The standard InChI is InChI=1S/C15H31N3O/c1-4-5-8-18-9-6-13(7-10-18)17-15(19)11-14(16)12(2)3/h12-14H,4-11,16H2,1-3H3,(H,17,19). The van der Waals surface area contributed by atoms with Crippen LogP contribution in [0.2, 0.25) is 0 Å². The summed E-state index contributed by atoms with van der Waals surface area (Å²) in [6.07, 6.45) is 5.14. The van der Waals surface area contributed by atoms with Gasteiger partial charge < -0.3 is 16.0 Å². The van der Waals surface area contributed by atoms with Gasteiger partial charge in [-0.15, -0.1) is 0 Å². The van der Waals surface area contributed by atoms with E-state index in [-0.39, 0.29) is 11.9 Å². The first-order valence-corrected chi connectivity index (χ1v) is 7.80. The normalized spacial score (nSPS) is 19.6. The molecule has 0 aromatic rings. The molecule has 0 aromatic heterocycles. The Bertz CT molecular complexity index is 260. The molecule has 19 heavy (non-hydrogen) atoms. The van der Waals surface area contributed by atoms with Gasteiger partial charge in [0.05, 0.1) is 0 Å². The summed E-state index contributed by atoms with van der Waals surface area (Å²) in [5.41, 5.74) is 5.93. The van der Waals surface area contributed by atoms with E-state index < -0.39 is 0 Å². The summed E-state index contributed by atoms with van der Waals surface area (Å²) in [5, 5.41) is 3.14. The third-order valence-electron chi connectivity index (χ3n) is 4.06. The molecule has 4 nitrogen and oxygen atoms in total. The van der Waals surface area contributed by atoms with Crippen LogP contribution >= 0.6 is 0 Å². The monoisotopic (exact) mass is 269 g/mol. The number of carbonyl (C=O) groups excluding carboxylic acids is 1. The molecule has 1 aliphatic rings. The lowest BCUT2D eigenvalue weighted by Gasteiger charge is -2.32. The highest BCUT2D eigenvalue weighted by Crippen LogP contribution is 2.12. The van der Waals surface area contributed by atoms with Crippen LogP contribution in [0, 0.1) is 5.92 Å². The maximum atomic E-state index is 11.9. The Labute approximate surface area is 118 Å². The van der Waals surface area contributed by atoms with Crippen LogP contribution in [0.15, 0.2) is 0 Å². The minimum atomic E-state index is -0.0235. The van der Waals surface area contributed by atoms with E-state index in [0.717, 1.165) is 25.9 Å². The average molecular weight is 269 g/mol. The smallest absolute Gasteiger partial charge is 0.221 e. The minimum absolute atomic E-state index is 0.0235. The Kier molecular flexibility index (Phi) is 7.39. The number of nitrogens with one attached hydrogen (secondary N) is 1. The van der Waals surface area contributed by atoms with Crippen molar-refractivity contribution in [1.82, 2.24) is 10.2 Å². The molecule has 1 amide bonds. The predicted molar refractivity (Wildman–Crippen MR) is 79.9 cm³/mol. The summed E-state index contributed by atoms with van der Waals surface area (Å²) in [5.74, 6) is 0.481. The molecule has 1 atom stereocenters. The minimum Gasteiger partial charge on any atom is -0.353 e. The summed E-state index contributed by atoms with van der Waals surface area (Å²) < 4.78 is 0. The van der Waals surface area contributed by atoms with Crippen molar-refractivity contribution in [3.05, 3.63) is 0 Å². The van der Waals surface area contributed by atoms with Gasteiger partial charge in [0, 0.05) is 31.6 Å². The van der Waals surface area contributed by atoms with Crippen LogP contribution in [-0.2, 0) is 4.79 Å². The number of carbonyl (C=O) groups is 1. The summed E-state index contributed by atoms with van der Waals surface area (Å²) in [6.45, 7) is 9.77. The number of nitrogens with two attached hydrogens (primary N) is 1. The molecule has 4 heteroatoms. The van der Waals surface area contributed by atoms with Gasteiger partial charge in [-0.2, -0.15) is 0 Å². The lowest BCUT2D eigenvalue weighted by Crippen LogP contribution is -2.46. The molecule has 3 N–H and O–H groups in total. The second kappa shape index (κ2) is 8.54. The molecular formula is C15H31N3O. The molecule has 0 aromatic carbocycles. The highest BCUT2D eigenvalue weighted by Gasteiger charge is 2.21. The van der Waals surface area contributed by atoms with Crippen LogP contribution in [0.25, 0.3) is 0 Å². The molecule has 0 saturated carbocycles. The van der Waals surface area contributed by atoms with Crippen molar-refractivity contribution in [2.24, 2.45) is 11.7 Å². The molecule has 1 rings (SSSR count). The number of amides is 1. The molecule has 0 bridgehead atoms. The van der Waals surface area contributed by atoms with Crippen molar-refractivity contribution < 1.29 is 4.79 Å². The molecule has 0 aliphatic carbocycles. The van der Waals surface area contributed by atoms with Gasteiger partial charge >= 0.3 is 0 Å². The van der Waals surface area contributed by atoms with Crippen molar-refractivity contribution in [1.29, 1.82) is 0 Å². The topological polar surface area (TPSA) is 58.4 Å². The van der Waals surface area contributed by atoms with Gasteiger partial charge in [-0.3, -0.25) is 4.79 Å². The van der Waals surface area contributed by atoms with Gasteiger partial charge in [-0.1, -0.05) is 27.2 Å². The van der Waals surface area contributed by atoms with E-state index in [1.54, 1.807) is 0 Å². The van der Waals surface area contributed by atoms with Crippen LogP contribution in [-0.4, -0.2) is 42.5 Å². The molecule has 1 saturated heterocycles. The number of rotatable bonds is 7. The molecule has 1 heterocycles. The highest BCUT2D eigenvalue weighted by molar-refractivity contribution is 5.76. The Morgan fingerprint density at radius 2 is 2.00 bits per heavy atom. The zero-order valence-electron chi connectivity index (χ0n) is 12.8. The lowest BCUT2D eigenvalue weighted by molar-refractivity contribution is -0.122. The summed E-state index contributed by atoms with van der Waals surface area (Å²) in [4.78, 5) is 14.4. The van der Waals surface area contributed by atoms with Crippen molar-refractivity contribution in [2.75, 3.05) is 19.6 Å². The van der Waals surface area contributed by atoms with E-state index in [1.165, 1.54) is 19.4 Å². The van der Waals surface area contributed by atoms with E-state index in [1.807, 2.05) is 0 Å². The molecule has 0 radical (unpaired) electrons. The van der Waals surface area contributed by atoms with Crippen molar-refractivity contribution >= 4 is 5.91 Å².